The first-order valence-electron chi connectivity index (χ1n) is 9.00. The molecule has 1 fully saturated rings. The summed E-state index contributed by atoms with van der Waals surface area (Å²) in [5.74, 6) is -0.188. The van der Waals surface area contributed by atoms with Crippen LogP contribution in [0.25, 0.3) is 0 Å². The molecule has 6 nitrogen and oxygen atoms in total. The molecule has 0 spiro atoms. The van der Waals surface area contributed by atoms with E-state index in [-0.39, 0.29) is 24.5 Å². The lowest BCUT2D eigenvalue weighted by atomic mass is 10.0. The second-order valence-corrected chi connectivity index (χ2v) is 6.80. The van der Waals surface area contributed by atoms with E-state index in [9.17, 15) is 9.59 Å². The lowest BCUT2D eigenvalue weighted by Crippen LogP contribution is -2.60. The van der Waals surface area contributed by atoms with E-state index >= 15 is 0 Å². The molecule has 0 bridgehead atoms. The number of hydrogen-bond acceptors (Lipinski definition) is 4. The fourth-order valence-electron chi connectivity index (χ4n) is 3.50. The van der Waals surface area contributed by atoms with Crippen molar-refractivity contribution in [3.05, 3.63) is 47.5 Å². The number of rotatable bonds is 5. The quantitative estimate of drug-likeness (QED) is 0.751. The molecule has 140 valence electrons. The van der Waals surface area contributed by atoms with E-state index in [2.05, 4.69) is 0 Å². The van der Waals surface area contributed by atoms with Crippen molar-refractivity contribution in [2.45, 2.75) is 32.0 Å². The highest BCUT2D eigenvalue weighted by molar-refractivity contribution is 5.89. The highest BCUT2D eigenvalue weighted by atomic mass is 16.5. The molecule has 0 unspecified atom stereocenters. The van der Waals surface area contributed by atoms with E-state index < -0.39 is 6.04 Å². The predicted octanol–water partition coefficient (Wildman–Crippen LogP) is 1.61. The Morgan fingerprint density at radius 2 is 2.08 bits per heavy atom. The first-order valence-corrected chi connectivity index (χ1v) is 9.00. The summed E-state index contributed by atoms with van der Waals surface area (Å²) in [7, 11) is 1.67. The molecule has 2 aliphatic heterocycles. The van der Waals surface area contributed by atoms with Crippen molar-refractivity contribution in [3.63, 3.8) is 0 Å². The Hall–Kier alpha value is -2.18. The minimum Gasteiger partial charge on any atom is -0.380 e. The Morgan fingerprint density at radius 1 is 1.31 bits per heavy atom. The average molecular weight is 358 g/mol. The Labute approximate surface area is 154 Å². The maximum Gasteiger partial charge on any atom is 0.249 e. The van der Waals surface area contributed by atoms with Gasteiger partial charge in [0, 0.05) is 26.7 Å². The summed E-state index contributed by atoms with van der Waals surface area (Å²) in [5, 5.41) is 0. The van der Waals surface area contributed by atoms with Crippen molar-refractivity contribution >= 4 is 11.8 Å². The van der Waals surface area contributed by atoms with Gasteiger partial charge in [0.25, 0.3) is 0 Å². The van der Waals surface area contributed by atoms with Crippen LogP contribution in [0.5, 0.6) is 0 Å². The van der Waals surface area contributed by atoms with Crippen LogP contribution in [0.1, 0.15) is 18.9 Å². The van der Waals surface area contributed by atoms with Crippen LogP contribution in [0.3, 0.4) is 0 Å². The summed E-state index contributed by atoms with van der Waals surface area (Å²) < 4.78 is 10.7. The molecule has 0 saturated carbocycles. The van der Waals surface area contributed by atoms with Crippen LogP contribution in [0.2, 0.25) is 0 Å². The first kappa shape index (κ1) is 18.6. The molecule has 0 aliphatic carbocycles. The zero-order chi connectivity index (χ0) is 18.5. The number of nitrogens with zero attached hydrogens (tertiary/aromatic N) is 2. The second kappa shape index (κ2) is 8.47. The van der Waals surface area contributed by atoms with Crippen molar-refractivity contribution in [1.82, 2.24) is 9.80 Å². The monoisotopic (exact) mass is 358 g/mol. The normalized spacial score (nSPS) is 23.8. The molecular weight excluding hydrogens is 332 g/mol. The number of benzene rings is 1. The molecule has 6 heteroatoms. The minimum atomic E-state index is -0.589. The van der Waals surface area contributed by atoms with Gasteiger partial charge in [-0.2, -0.15) is 0 Å². The molecule has 2 atom stereocenters. The molecule has 3 rings (SSSR count). The van der Waals surface area contributed by atoms with E-state index in [1.54, 1.807) is 16.9 Å². The van der Waals surface area contributed by atoms with Crippen LogP contribution in [-0.2, 0) is 25.6 Å². The van der Waals surface area contributed by atoms with Gasteiger partial charge in [0.15, 0.2) is 0 Å². The van der Waals surface area contributed by atoms with Crippen LogP contribution in [0, 0.1) is 0 Å². The Morgan fingerprint density at radius 3 is 2.73 bits per heavy atom. The second-order valence-electron chi connectivity index (χ2n) is 6.80. The van der Waals surface area contributed by atoms with Crippen LogP contribution < -0.4 is 0 Å². The topological polar surface area (TPSA) is 59.1 Å². The lowest BCUT2D eigenvalue weighted by molar-refractivity contribution is -0.167. The average Bonchev–Trinajstić information content (AvgIpc) is 2.66. The van der Waals surface area contributed by atoms with Gasteiger partial charge in [-0.3, -0.25) is 9.59 Å². The Bertz CT molecular complexity index is 674. The third-order valence-corrected chi connectivity index (χ3v) is 4.96. The zero-order valence-corrected chi connectivity index (χ0v) is 15.4. The number of morpholine rings is 1. The van der Waals surface area contributed by atoms with Crippen LogP contribution in [-0.4, -0.2) is 67.2 Å². The van der Waals surface area contributed by atoms with Crippen LogP contribution in [0.15, 0.2) is 42.0 Å². The molecule has 0 aromatic heterocycles. The molecule has 2 aliphatic rings. The molecule has 1 aromatic carbocycles. The number of ether oxygens (including phenoxy) is 2. The molecule has 26 heavy (non-hydrogen) atoms. The first-order chi connectivity index (χ1) is 12.6. The fraction of sp³-hybridized carbons (Fsp3) is 0.500. The van der Waals surface area contributed by atoms with Crippen LogP contribution >= 0.6 is 0 Å². The van der Waals surface area contributed by atoms with Gasteiger partial charge in [-0.25, -0.2) is 0 Å². The highest BCUT2D eigenvalue weighted by Crippen LogP contribution is 2.22. The summed E-state index contributed by atoms with van der Waals surface area (Å²) >= 11 is 0. The van der Waals surface area contributed by atoms with E-state index in [0.29, 0.717) is 26.2 Å². The van der Waals surface area contributed by atoms with E-state index in [1.807, 2.05) is 43.3 Å². The van der Waals surface area contributed by atoms with Gasteiger partial charge >= 0.3 is 0 Å². The van der Waals surface area contributed by atoms with Crippen molar-refractivity contribution < 1.29 is 19.1 Å². The van der Waals surface area contributed by atoms with E-state index in [4.69, 9.17) is 9.47 Å². The molecule has 2 amide bonds. The van der Waals surface area contributed by atoms with E-state index in [1.165, 1.54) is 5.57 Å². The van der Waals surface area contributed by atoms with Gasteiger partial charge in [-0.05, 0) is 24.5 Å². The van der Waals surface area contributed by atoms with Gasteiger partial charge in [-0.15, -0.1) is 0 Å². The molecule has 0 N–H and O–H groups in total. The molecule has 0 radical (unpaired) electrons. The minimum absolute atomic E-state index is 0.0235. The Kier molecular flexibility index (Phi) is 6.06. The third kappa shape index (κ3) is 4.14. The maximum atomic E-state index is 13.2. The van der Waals surface area contributed by atoms with Gasteiger partial charge in [-0.1, -0.05) is 36.4 Å². The van der Waals surface area contributed by atoms with Gasteiger partial charge in [0.2, 0.25) is 11.8 Å². The summed E-state index contributed by atoms with van der Waals surface area (Å²) in [6.07, 6.45) is 2.52. The SMILES string of the molecule is COCC1=CCN(C(=O)[C@@H]2[C@@H](C)OCC(=O)N2Cc2ccccc2)CC1. The number of amides is 2. The Balaban J connectivity index is 1.75. The van der Waals surface area contributed by atoms with Crippen molar-refractivity contribution in [3.8, 4) is 0 Å². The van der Waals surface area contributed by atoms with E-state index in [0.717, 1.165) is 12.0 Å². The lowest BCUT2D eigenvalue weighted by Gasteiger charge is -2.41. The summed E-state index contributed by atoms with van der Waals surface area (Å²) in [4.78, 5) is 29.1. The smallest absolute Gasteiger partial charge is 0.249 e. The maximum absolute atomic E-state index is 13.2. The predicted molar refractivity (Wildman–Crippen MR) is 97.4 cm³/mol. The summed E-state index contributed by atoms with van der Waals surface area (Å²) in [6.45, 7) is 4.10. The molecule has 1 saturated heterocycles. The largest absolute Gasteiger partial charge is 0.380 e. The van der Waals surface area contributed by atoms with Crippen LogP contribution in [0.4, 0.5) is 0 Å². The van der Waals surface area contributed by atoms with Gasteiger partial charge in [0.1, 0.15) is 12.6 Å². The number of carbonyl (C=O) groups excluding carboxylic acids is 2. The number of methoxy groups -OCH3 is 1. The third-order valence-electron chi connectivity index (χ3n) is 4.96. The van der Waals surface area contributed by atoms with Crippen molar-refractivity contribution in [1.29, 1.82) is 0 Å². The summed E-state index contributed by atoms with van der Waals surface area (Å²) in [5.41, 5.74) is 2.22. The highest BCUT2D eigenvalue weighted by Gasteiger charge is 2.41. The number of carbonyl (C=O) groups is 2. The molecule has 1 aromatic rings. The number of hydrogen-bond donors (Lipinski definition) is 0. The standard InChI is InChI=1S/C20H26N2O4/c1-15-19(20(24)21-10-8-17(9-11-21)13-25-2)22(18(23)14-26-15)12-16-6-4-3-5-7-16/h3-8,15,19H,9-14H2,1-2H3/t15-,19+/m1/s1. The van der Waals surface area contributed by atoms with Gasteiger partial charge < -0.3 is 19.3 Å². The summed E-state index contributed by atoms with van der Waals surface area (Å²) in [6, 6.07) is 9.16. The zero-order valence-electron chi connectivity index (χ0n) is 15.4. The molecular formula is C20H26N2O4. The van der Waals surface area contributed by atoms with Gasteiger partial charge in [0.05, 0.1) is 12.7 Å². The van der Waals surface area contributed by atoms with Crippen molar-refractivity contribution in [2.75, 3.05) is 33.4 Å². The molecule has 2 heterocycles. The fourth-order valence-corrected chi connectivity index (χ4v) is 3.50. The van der Waals surface area contributed by atoms with Crippen molar-refractivity contribution in [2.24, 2.45) is 0 Å².